The van der Waals surface area contributed by atoms with Crippen molar-refractivity contribution in [1.29, 1.82) is 0 Å². The van der Waals surface area contributed by atoms with Crippen molar-refractivity contribution in [3.63, 3.8) is 0 Å². The Morgan fingerprint density at radius 3 is 2.48 bits per heavy atom. The van der Waals surface area contributed by atoms with Crippen molar-refractivity contribution in [3.05, 3.63) is 71.7 Å². The van der Waals surface area contributed by atoms with E-state index in [9.17, 15) is 0 Å². The number of benzene rings is 1. The molecule has 0 aliphatic carbocycles. The van der Waals surface area contributed by atoms with Crippen molar-refractivity contribution < 1.29 is 0 Å². The van der Waals surface area contributed by atoms with Gasteiger partial charge in [0.1, 0.15) is 5.69 Å². The number of nitrogens with zero attached hydrogens (tertiary/aromatic N) is 6. The van der Waals surface area contributed by atoms with Gasteiger partial charge in [-0.2, -0.15) is 0 Å². The first kappa shape index (κ1) is 18.7. The largest absolute Gasteiger partial charge is 0.357 e. The van der Waals surface area contributed by atoms with Crippen LogP contribution in [0.2, 0.25) is 0 Å². The fourth-order valence-corrected chi connectivity index (χ4v) is 3.12. The molecule has 0 atom stereocenters. The summed E-state index contributed by atoms with van der Waals surface area (Å²) in [6.45, 7) is 4.73. The average Bonchev–Trinajstić information content (AvgIpc) is 3.22. The smallest absolute Gasteiger partial charge is 0.223 e. The lowest BCUT2D eigenvalue weighted by Gasteiger charge is -2.07. The summed E-state index contributed by atoms with van der Waals surface area (Å²) in [5.74, 6) is 0.547. The third-order valence-corrected chi connectivity index (χ3v) is 4.62. The van der Waals surface area contributed by atoms with E-state index in [-0.39, 0.29) is 0 Å². The molecule has 0 aliphatic rings. The number of aromatic nitrogens is 6. The maximum Gasteiger partial charge on any atom is 0.223 e. The molecule has 0 unspecified atom stereocenters. The number of rotatable bonds is 6. The van der Waals surface area contributed by atoms with Gasteiger partial charge in [0.2, 0.25) is 5.95 Å². The molecular weight excluding hydrogens is 362 g/mol. The monoisotopic (exact) mass is 385 g/mol. The lowest BCUT2D eigenvalue weighted by molar-refractivity contribution is 0.636. The highest BCUT2D eigenvalue weighted by Gasteiger charge is 2.12. The molecule has 0 amide bonds. The minimum atomic E-state index is 0.547. The second kappa shape index (κ2) is 8.18. The summed E-state index contributed by atoms with van der Waals surface area (Å²) in [5.41, 5.74) is 6.52. The van der Waals surface area contributed by atoms with Crippen molar-refractivity contribution in [2.75, 3.05) is 12.4 Å². The lowest BCUT2D eigenvalue weighted by atomic mass is 10.1. The van der Waals surface area contributed by atoms with Crippen LogP contribution in [0.5, 0.6) is 0 Å². The Hall–Kier alpha value is -3.61. The highest BCUT2D eigenvalue weighted by molar-refractivity contribution is 5.67. The van der Waals surface area contributed by atoms with Gasteiger partial charge in [0.25, 0.3) is 0 Å². The maximum atomic E-state index is 4.63. The van der Waals surface area contributed by atoms with Crippen molar-refractivity contribution >= 4 is 5.95 Å². The van der Waals surface area contributed by atoms with Crippen LogP contribution < -0.4 is 5.32 Å². The number of hydrogen-bond donors (Lipinski definition) is 1. The van der Waals surface area contributed by atoms with E-state index >= 15 is 0 Å². The molecule has 0 aliphatic heterocycles. The fourth-order valence-electron chi connectivity index (χ4n) is 3.12. The Kier molecular flexibility index (Phi) is 5.29. The Morgan fingerprint density at radius 2 is 1.69 bits per heavy atom. The lowest BCUT2D eigenvalue weighted by Crippen LogP contribution is -2.03. The predicted octanol–water partition coefficient (Wildman–Crippen LogP) is 3.76. The van der Waals surface area contributed by atoms with Gasteiger partial charge in [-0.3, -0.25) is 4.98 Å². The molecular formula is C22H23N7. The first-order chi connectivity index (χ1) is 14.1. The highest BCUT2D eigenvalue weighted by Crippen LogP contribution is 2.24. The molecule has 3 aromatic heterocycles. The van der Waals surface area contributed by atoms with Crippen LogP contribution in [0.3, 0.4) is 0 Å². The van der Waals surface area contributed by atoms with Gasteiger partial charge in [0.05, 0.1) is 29.8 Å². The zero-order chi connectivity index (χ0) is 20.2. The molecule has 0 saturated carbocycles. The SMILES string of the molecule is CCc1cccc(Cn2cc(-c3cc(-c4cccc(C)c4)nc(NC)n3)nn2)n1. The van der Waals surface area contributed by atoms with Crippen LogP contribution >= 0.6 is 0 Å². The van der Waals surface area contributed by atoms with Crippen LogP contribution in [-0.2, 0) is 13.0 Å². The van der Waals surface area contributed by atoms with Crippen molar-refractivity contribution in [2.24, 2.45) is 0 Å². The van der Waals surface area contributed by atoms with E-state index in [1.54, 1.807) is 4.68 Å². The van der Waals surface area contributed by atoms with E-state index in [1.165, 1.54) is 5.56 Å². The third kappa shape index (κ3) is 4.29. The Morgan fingerprint density at radius 1 is 0.897 bits per heavy atom. The summed E-state index contributed by atoms with van der Waals surface area (Å²) in [5, 5.41) is 11.6. The topological polar surface area (TPSA) is 81.4 Å². The number of anilines is 1. The first-order valence-electron chi connectivity index (χ1n) is 9.64. The van der Waals surface area contributed by atoms with Gasteiger partial charge < -0.3 is 5.32 Å². The minimum absolute atomic E-state index is 0.547. The van der Waals surface area contributed by atoms with Gasteiger partial charge in [-0.15, -0.1) is 5.10 Å². The molecule has 29 heavy (non-hydrogen) atoms. The van der Waals surface area contributed by atoms with Crippen LogP contribution in [-0.4, -0.2) is 37.0 Å². The molecule has 0 saturated heterocycles. The van der Waals surface area contributed by atoms with E-state index in [0.717, 1.165) is 34.8 Å². The van der Waals surface area contributed by atoms with Gasteiger partial charge in [-0.25, -0.2) is 14.6 Å². The second-order valence-electron chi connectivity index (χ2n) is 6.86. The minimum Gasteiger partial charge on any atom is -0.357 e. The molecule has 1 N–H and O–H groups in total. The Bertz CT molecular complexity index is 1130. The summed E-state index contributed by atoms with van der Waals surface area (Å²) in [7, 11) is 1.81. The highest BCUT2D eigenvalue weighted by atomic mass is 15.4. The molecule has 0 radical (unpaired) electrons. The van der Waals surface area contributed by atoms with Crippen LogP contribution in [0.15, 0.2) is 54.7 Å². The van der Waals surface area contributed by atoms with E-state index in [0.29, 0.717) is 18.2 Å². The fraction of sp³-hybridized carbons (Fsp3) is 0.227. The van der Waals surface area contributed by atoms with Crippen molar-refractivity contribution in [2.45, 2.75) is 26.8 Å². The van der Waals surface area contributed by atoms with Gasteiger partial charge in [0, 0.05) is 18.3 Å². The molecule has 146 valence electrons. The molecule has 0 fully saturated rings. The van der Waals surface area contributed by atoms with Crippen LogP contribution in [0.1, 0.15) is 23.9 Å². The standard InChI is InChI=1S/C22H23N7/c1-4-17-9-6-10-18(24-17)13-29-14-21(27-28-29)20-12-19(25-22(23-3)26-20)16-8-5-7-15(2)11-16/h5-12,14H,4,13H2,1-3H3,(H,23,25,26). The number of nitrogens with one attached hydrogen (secondary N) is 1. The normalized spacial score (nSPS) is 10.9. The Labute approximate surface area is 169 Å². The summed E-state index contributed by atoms with van der Waals surface area (Å²) >= 11 is 0. The predicted molar refractivity (Wildman–Crippen MR) is 113 cm³/mol. The van der Waals surface area contributed by atoms with Crippen molar-refractivity contribution in [1.82, 2.24) is 29.9 Å². The zero-order valence-corrected chi connectivity index (χ0v) is 16.8. The van der Waals surface area contributed by atoms with E-state index in [4.69, 9.17) is 0 Å². The van der Waals surface area contributed by atoms with Gasteiger partial charge >= 0.3 is 0 Å². The Balaban J connectivity index is 1.65. The molecule has 4 aromatic rings. The number of aryl methyl sites for hydroxylation is 2. The molecule has 0 bridgehead atoms. The summed E-state index contributed by atoms with van der Waals surface area (Å²) < 4.78 is 1.78. The molecule has 0 spiro atoms. The first-order valence-corrected chi connectivity index (χ1v) is 9.64. The maximum absolute atomic E-state index is 4.63. The summed E-state index contributed by atoms with van der Waals surface area (Å²) in [4.78, 5) is 13.8. The number of hydrogen-bond acceptors (Lipinski definition) is 6. The van der Waals surface area contributed by atoms with Crippen molar-refractivity contribution in [3.8, 4) is 22.6 Å². The van der Waals surface area contributed by atoms with Crippen LogP contribution in [0, 0.1) is 6.92 Å². The van der Waals surface area contributed by atoms with Gasteiger partial charge in [0.15, 0.2) is 0 Å². The summed E-state index contributed by atoms with van der Waals surface area (Å²) in [6.07, 6.45) is 2.80. The summed E-state index contributed by atoms with van der Waals surface area (Å²) in [6, 6.07) is 16.2. The van der Waals surface area contributed by atoms with Crippen LogP contribution in [0.4, 0.5) is 5.95 Å². The molecule has 4 rings (SSSR count). The van der Waals surface area contributed by atoms with Gasteiger partial charge in [-0.05, 0) is 37.6 Å². The second-order valence-corrected chi connectivity index (χ2v) is 6.86. The van der Waals surface area contributed by atoms with E-state index in [2.05, 4.69) is 56.6 Å². The van der Waals surface area contributed by atoms with E-state index < -0.39 is 0 Å². The molecule has 3 heterocycles. The number of pyridine rings is 1. The van der Waals surface area contributed by atoms with E-state index in [1.807, 2.05) is 49.6 Å². The molecule has 7 heteroatoms. The molecule has 1 aromatic carbocycles. The molecule has 7 nitrogen and oxygen atoms in total. The van der Waals surface area contributed by atoms with Crippen LogP contribution in [0.25, 0.3) is 22.6 Å². The average molecular weight is 385 g/mol. The zero-order valence-electron chi connectivity index (χ0n) is 16.8. The quantitative estimate of drug-likeness (QED) is 0.544. The third-order valence-electron chi connectivity index (χ3n) is 4.62. The van der Waals surface area contributed by atoms with Gasteiger partial charge in [-0.1, -0.05) is 42.0 Å².